The maximum absolute atomic E-state index is 7.57. The van der Waals surface area contributed by atoms with E-state index in [1.54, 1.807) is 6.92 Å². The summed E-state index contributed by atoms with van der Waals surface area (Å²) in [7, 11) is 4.45. The third-order valence-corrected chi connectivity index (χ3v) is 0. The van der Waals surface area contributed by atoms with Gasteiger partial charge >= 0.3 is 0 Å². The van der Waals surface area contributed by atoms with Gasteiger partial charge in [-0.25, -0.2) is 0 Å². The summed E-state index contributed by atoms with van der Waals surface area (Å²) in [5.41, 5.74) is 0. The highest BCUT2D eigenvalue weighted by Gasteiger charge is 1.34. The zero-order chi connectivity index (χ0) is 4.71. The molecular formula is C2H6BrClO. The molecule has 0 spiro atoms. The van der Waals surface area contributed by atoms with Gasteiger partial charge in [-0.2, -0.15) is 0 Å². The first kappa shape index (κ1) is 9.21. The molecule has 0 saturated carbocycles. The van der Waals surface area contributed by atoms with Gasteiger partial charge in [0.15, 0.2) is 0 Å². The molecule has 0 aromatic heterocycles. The Labute approximate surface area is 44.3 Å². The molecule has 0 atom stereocenters. The SMILES string of the molecule is CCO.ClBr. The Hall–Kier alpha value is 0.730. The van der Waals surface area contributed by atoms with E-state index in [9.17, 15) is 0 Å². The van der Waals surface area contributed by atoms with Gasteiger partial charge in [0.25, 0.3) is 0 Å². The van der Waals surface area contributed by atoms with Gasteiger partial charge in [0.05, 0.1) is 0 Å². The van der Waals surface area contributed by atoms with E-state index >= 15 is 0 Å². The van der Waals surface area contributed by atoms with E-state index in [0.717, 1.165) is 0 Å². The molecule has 3 heteroatoms. The van der Waals surface area contributed by atoms with Crippen LogP contribution in [0.1, 0.15) is 6.92 Å². The summed E-state index contributed by atoms with van der Waals surface area (Å²) in [4.78, 5) is 0. The molecule has 0 bridgehead atoms. The number of hydrogen-bond acceptors (Lipinski definition) is 1. The molecule has 1 N–H and O–H groups in total. The third-order valence-electron chi connectivity index (χ3n) is 0. The summed E-state index contributed by atoms with van der Waals surface area (Å²) in [6.45, 7) is 1.93. The lowest BCUT2D eigenvalue weighted by Crippen LogP contribution is -1.57. The monoisotopic (exact) mass is 160 g/mol. The van der Waals surface area contributed by atoms with Crippen molar-refractivity contribution in [3.05, 3.63) is 0 Å². The minimum Gasteiger partial charge on any atom is -0.397 e. The van der Waals surface area contributed by atoms with Crippen molar-refractivity contribution in [3.63, 3.8) is 0 Å². The van der Waals surface area contributed by atoms with Crippen molar-refractivity contribution in [3.8, 4) is 0 Å². The first-order valence-electron chi connectivity index (χ1n) is 1.17. The number of aliphatic hydroxyl groups is 1. The molecule has 0 rings (SSSR count). The molecule has 0 aliphatic rings. The predicted molar refractivity (Wildman–Crippen MR) is 27.5 cm³/mol. The van der Waals surface area contributed by atoms with Crippen molar-refractivity contribution >= 4 is 25.1 Å². The fourth-order valence-corrected chi connectivity index (χ4v) is 0. The largest absolute Gasteiger partial charge is 0.397 e. The Morgan fingerprint density at radius 2 is 1.80 bits per heavy atom. The summed E-state index contributed by atoms with van der Waals surface area (Å²) in [5.74, 6) is 0. The van der Waals surface area contributed by atoms with Gasteiger partial charge in [-0.3, -0.25) is 0 Å². The van der Waals surface area contributed by atoms with Gasteiger partial charge in [0, 0.05) is 21.6 Å². The van der Waals surface area contributed by atoms with Crippen molar-refractivity contribution in [2.24, 2.45) is 0 Å². The minimum atomic E-state index is 0.250. The van der Waals surface area contributed by atoms with E-state index in [2.05, 4.69) is 25.1 Å². The molecular weight excluding hydrogens is 155 g/mol. The van der Waals surface area contributed by atoms with E-state index in [4.69, 9.17) is 5.11 Å². The second-order valence-corrected chi connectivity index (χ2v) is 0.316. The molecule has 0 fully saturated rings. The highest BCUT2D eigenvalue weighted by molar-refractivity contribution is 9.22. The average molecular weight is 161 g/mol. The molecule has 0 aromatic carbocycles. The zero-order valence-corrected chi connectivity index (χ0v) is 5.25. The lowest BCUT2D eigenvalue weighted by atomic mass is 10.9. The summed E-state index contributed by atoms with van der Waals surface area (Å²) in [6, 6.07) is 0. The van der Waals surface area contributed by atoms with Gasteiger partial charge in [0.1, 0.15) is 0 Å². The molecule has 34 valence electrons. The maximum atomic E-state index is 7.57. The van der Waals surface area contributed by atoms with Gasteiger partial charge in [-0.15, -0.1) is 0 Å². The van der Waals surface area contributed by atoms with Crippen molar-refractivity contribution in [1.82, 2.24) is 0 Å². The maximum Gasteiger partial charge on any atom is 0.0402 e. The van der Waals surface area contributed by atoms with Crippen molar-refractivity contribution in [1.29, 1.82) is 0 Å². The van der Waals surface area contributed by atoms with E-state index in [1.807, 2.05) is 0 Å². The topological polar surface area (TPSA) is 20.2 Å². The van der Waals surface area contributed by atoms with Crippen molar-refractivity contribution < 1.29 is 5.11 Å². The fourth-order valence-electron chi connectivity index (χ4n) is 0. The van der Waals surface area contributed by atoms with E-state index in [-0.39, 0.29) is 6.61 Å². The van der Waals surface area contributed by atoms with Crippen LogP contribution in [0.15, 0.2) is 0 Å². The summed E-state index contributed by atoms with van der Waals surface area (Å²) in [5, 5.41) is 7.57. The quantitative estimate of drug-likeness (QED) is 0.571. The Bertz CT molecular complexity index is 9.61. The van der Waals surface area contributed by atoms with Crippen LogP contribution in [-0.2, 0) is 0 Å². The van der Waals surface area contributed by atoms with Gasteiger partial charge in [-0.1, -0.05) is 0 Å². The Morgan fingerprint density at radius 3 is 1.80 bits per heavy atom. The molecule has 0 heterocycles. The van der Waals surface area contributed by atoms with Crippen LogP contribution in [0.25, 0.3) is 0 Å². The Kier molecular flexibility index (Phi) is 40.5. The first-order valence-corrected chi connectivity index (χ1v) is 3.25. The summed E-state index contributed by atoms with van der Waals surface area (Å²) in [6.07, 6.45) is 0. The van der Waals surface area contributed by atoms with Gasteiger partial charge in [-0.05, 0) is 17.0 Å². The van der Waals surface area contributed by atoms with Crippen molar-refractivity contribution in [2.45, 2.75) is 6.92 Å². The molecule has 5 heavy (non-hydrogen) atoms. The van der Waals surface area contributed by atoms with Crippen LogP contribution >= 0.6 is 25.1 Å². The highest BCUT2D eigenvalue weighted by atomic mass is 79.9. The Balaban J connectivity index is 0. The molecule has 0 unspecified atom stereocenters. The Morgan fingerprint density at radius 1 is 1.80 bits per heavy atom. The molecule has 0 aliphatic carbocycles. The molecule has 0 aliphatic heterocycles. The third kappa shape index (κ3) is 66.2. The second-order valence-electron chi connectivity index (χ2n) is 0.316. The second kappa shape index (κ2) is 22.0. The van der Waals surface area contributed by atoms with Crippen LogP contribution in [0.2, 0.25) is 0 Å². The average Bonchev–Trinajstić information content (AvgIpc) is 1.46. The number of rotatable bonds is 0. The van der Waals surface area contributed by atoms with Gasteiger partial charge < -0.3 is 5.11 Å². The van der Waals surface area contributed by atoms with E-state index < -0.39 is 0 Å². The highest BCUT2D eigenvalue weighted by Crippen LogP contribution is 1.77. The lowest BCUT2D eigenvalue weighted by Gasteiger charge is -1.52. The molecule has 1 nitrogen and oxygen atoms in total. The zero-order valence-electron chi connectivity index (χ0n) is 2.91. The standard InChI is InChI=1S/C2H6O.BrCl/c1-2-3;1-2/h3H,2H2,1H3;. The molecule has 0 saturated heterocycles. The molecule has 0 amide bonds. The van der Waals surface area contributed by atoms with E-state index in [1.165, 1.54) is 0 Å². The molecule has 0 radical (unpaired) electrons. The first-order chi connectivity index (χ1) is 2.41. The summed E-state index contributed by atoms with van der Waals surface area (Å²) >= 11 is 2.41. The van der Waals surface area contributed by atoms with E-state index in [0.29, 0.717) is 0 Å². The van der Waals surface area contributed by atoms with Crippen molar-refractivity contribution in [2.75, 3.05) is 6.61 Å². The predicted octanol–water partition coefficient (Wildman–Crippen LogP) is 1.53. The fraction of sp³-hybridized carbons (Fsp3) is 1.00. The van der Waals surface area contributed by atoms with Crippen LogP contribution < -0.4 is 0 Å². The normalized spacial score (nSPS) is 4.80. The summed E-state index contributed by atoms with van der Waals surface area (Å²) < 4.78 is 0. The van der Waals surface area contributed by atoms with Crippen LogP contribution in [0, 0.1) is 0 Å². The van der Waals surface area contributed by atoms with Crippen LogP contribution in [-0.4, -0.2) is 11.7 Å². The smallest absolute Gasteiger partial charge is 0.0402 e. The van der Waals surface area contributed by atoms with Gasteiger partial charge in [0.2, 0.25) is 0 Å². The van der Waals surface area contributed by atoms with Crippen LogP contribution in [0.5, 0.6) is 0 Å². The van der Waals surface area contributed by atoms with Crippen LogP contribution in [0.4, 0.5) is 0 Å². The molecule has 0 aromatic rings. The lowest BCUT2D eigenvalue weighted by molar-refractivity contribution is 0.318. The minimum absolute atomic E-state index is 0.250. The number of halogens is 2. The van der Waals surface area contributed by atoms with Crippen LogP contribution in [0.3, 0.4) is 0 Å². The number of aliphatic hydroxyl groups excluding tert-OH is 1. The number of hydrogen-bond donors (Lipinski definition) is 1.